The van der Waals surface area contributed by atoms with Crippen LogP contribution in [0.3, 0.4) is 0 Å². The topological polar surface area (TPSA) is 43.3 Å². The molecule has 0 heterocycles. The third-order valence-electron chi connectivity index (χ3n) is 0. The van der Waals surface area contributed by atoms with Gasteiger partial charge in [-0.25, -0.2) is 0 Å². The van der Waals surface area contributed by atoms with E-state index in [1.807, 2.05) is 0 Å². The summed E-state index contributed by atoms with van der Waals surface area (Å²) in [5.41, 5.74) is 0. The summed E-state index contributed by atoms with van der Waals surface area (Å²) in [6.45, 7) is 3.50. The first-order chi connectivity index (χ1) is 2.83. The van der Waals surface area contributed by atoms with Crippen LogP contribution in [0.1, 0.15) is 13.8 Å². The van der Waals surface area contributed by atoms with E-state index in [2.05, 4.69) is 0 Å². The first-order valence-electron chi connectivity index (χ1n) is 2.02. The third kappa shape index (κ3) is 497. The normalized spacial score (nSPS) is 5.14. The molecule has 40 valence electrons. The van der Waals surface area contributed by atoms with Crippen molar-refractivity contribution in [2.45, 2.75) is 13.8 Å². The Morgan fingerprint density at radius 3 is 1.43 bits per heavy atom. The molecule has 1 N–H and O–H groups in total. The second-order valence-electron chi connectivity index (χ2n) is 0.605. The van der Waals surface area contributed by atoms with Gasteiger partial charge in [0.2, 0.25) is 0 Å². The van der Waals surface area contributed by atoms with Gasteiger partial charge in [0, 0.05) is 6.61 Å². The van der Waals surface area contributed by atoms with Gasteiger partial charge in [0.1, 0.15) is 0 Å². The van der Waals surface area contributed by atoms with E-state index in [1.54, 1.807) is 13.8 Å². The van der Waals surface area contributed by atoms with Crippen molar-refractivity contribution in [2.75, 3.05) is 13.2 Å². The van der Waals surface area contributed by atoms with E-state index in [4.69, 9.17) is 10.2 Å². The van der Waals surface area contributed by atoms with E-state index in [9.17, 15) is 0 Å². The first kappa shape index (κ1) is 15.6. The smallest absolute Gasteiger partial charge is 0.855 e. The molecule has 0 bridgehead atoms. The fourth-order valence-electron chi connectivity index (χ4n) is 0. The van der Waals surface area contributed by atoms with Gasteiger partial charge in [0.25, 0.3) is 0 Å². The van der Waals surface area contributed by atoms with Crippen LogP contribution in [0.2, 0.25) is 0 Å². The number of aliphatic hydroxyl groups is 1. The second kappa shape index (κ2) is 31.3. The van der Waals surface area contributed by atoms with Crippen molar-refractivity contribution in [3.8, 4) is 0 Å². The van der Waals surface area contributed by atoms with E-state index >= 15 is 0 Å². The van der Waals surface area contributed by atoms with Crippen LogP contribution in [0.5, 0.6) is 0 Å². The van der Waals surface area contributed by atoms with Gasteiger partial charge in [0.15, 0.2) is 0 Å². The fraction of sp³-hybridized carbons (Fsp3) is 1.00. The Morgan fingerprint density at radius 1 is 1.43 bits per heavy atom. The van der Waals surface area contributed by atoms with Crippen molar-refractivity contribution in [1.29, 1.82) is 0 Å². The Kier molecular flexibility index (Phi) is 70.0. The van der Waals surface area contributed by atoms with Gasteiger partial charge in [-0.3, -0.25) is 0 Å². The van der Waals surface area contributed by atoms with Crippen LogP contribution >= 0.6 is 0 Å². The van der Waals surface area contributed by atoms with Crippen LogP contribution in [-0.4, -0.2) is 18.3 Å². The van der Waals surface area contributed by atoms with Crippen LogP contribution in [0.4, 0.5) is 0 Å². The SMILES string of the molecule is CCO.CC[O-].[Li+]. The second-order valence-corrected chi connectivity index (χ2v) is 0.605. The van der Waals surface area contributed by atoms with Crippen molar-refractivity contribution in [3.63, 3.8) is 0 Å². The molecule has 0 atom stereocenters. The maximum atomic E-state index is 8.93. The Bertz CT molecular complexity index is 11.7. The average molecular weight is 98.1 g/mol. The van der Waals surface area contributed by atoms with Gasteiger partial charge in [-0.1, -0.05) is 6.92 Å². The summed E-state index contributed by atoms with van der Waals surface area (Å²) in [5.74, 6) is 0. The quantitative estimate of drug-likeness (QED) is 0.318. The molecule has 0 saturated carbocycles. The van der Waals surface area contributed by atoms with Crippen molar-refractivity contribution in [2.24, 2.45) is 0 Å². The zero-order chi connectivity index (χ0) is 5.41. The molecule has 0 amide bonds. The Hall–Kier alpha value is 0.517. The van der Waals surface area contributed by atoms with Crippen LogP contribution in [-0.2, 0) is 0 Å². The molecule has 0 aromatic heterocycles. The predicted molar refractivity (Wildman–Crippen MR) is 23.3 cm³/mol. The van der Waals surface area contributed by atoms with E-state index < -0.39 is 0 Å². The van der Waals surface area contributed by atoms with E-state index in [0.717, 1.165) is 0 Å². The molecule has 7 heavy (non-hydrogen) atoms. The first-order valence-corrected chi connectivity index (χ1v) is 2.02. The van der Waals surface area contributed by atoms with Crippen LogP contribution in [0.25, 0.3) is 0 Å². The standard InChI is InChI=1S/C2H6O.C2H5O.Li/c2*1-2-3;/h3H,2H2,1H3;2H2,1H3;/q;-1;+1. The summed E-state index contributed by atoms with van der Waals surface area (Å²) in [4.78, 5) is 0. The molecule has 2 nitrogen and oxygen atoms in total. The molecular formula is C4H11LiO2. The van der Waals surface area contributed by atoms with Crippen molar-refractivity contribution >= 4 is 0 Å². The van der Waals surface area contributed by atoms with Gasteiger partial charge in [-0.05, 0) is 6.92 Å². The maximum absolute atomic E-state index is 8.93. The molecule has 0 unspecified atom stereocenters. The predicted octanol–water partition coefficient (Wildman–Crippen LogP) is -3.63. The third-order valence-corrected chi connectivity index (χ3v) is 0. The number of hydrogen-bond donors (Lipinski definition) is 1. The zero-order valence-electron chi connectivity index (χ0n) is 5.27. The molecule has 0 aliphatic carbocycles. The van der Waals surface area contributed by atoms with Gasteiger partial charge in [-0.15, -0.1) is 6.61 Å². The van der Waals surface area contributed by atoms with E-state index in [-0.39, 0.29) is 32.1 Å². The van der Waals surface area contributed by atoms with Crippen molar-refractivity contribution in [3.05, 3.63) is 0 Å². The maximum Gasteiger partial charge on any atom is 1.00 e. The average Bonchev–Trinajstić information content (AvgIpc) is 1.39. The van der Waals surface area contributed by atoms with E-state index in [0.29, 0.717) is 0 Å². The summed E-state index contributed by atoms with van der Waals surface area (Å²) in [5, 5.41) is 16.5. The minimum atomic E-state index is 0. The molecule has 0 aliphatic rings. The molecule has 0 radical (unpaired) electrons. The summed E-state index contributed by atoms with van der Waals surface area (Å²) in [6.07, 6.45) is 0. The monoisotopic (exact) mass is 98.1 g/mol. The van der Waals surface area contributed by atoms with Gasteiger partial charge in [-0.2, -0.15) is 0 Å². The minimum absolute atomic E-state index is 0. The zero-order valence-corrected chi connectivity index (χ0v) is 5.27. The number of hydrogen-bond acceptors (Lipinski definition) is 2. The Morgan fingerprint density at radius 2 is 1.43 bits per heavy atom. The molecule has 3 heteroatoms. The summed E-state index contributed by atoms with van der Waals surface area (Å²) < 4.78 is 0. The number of rotatable bonds is 0. The summed E-state index contributed by atoms with van der Waals surface area (Å²) >= 11 is 0. The molecule has 0 rings (SSSR count). The summed E-state index contributed by atoms with van der Waals surface area (Å²) in [6, 6.07) is 0. The molecule has 0 fully saturated rings. The fourth-order valence-corrected chi connectivity index (χ4v) is 0. The molecular weight excluding hydrogens is 87.0 g/mol. The number of aliphatic hydroxyl groups excluding tert-OH is 1. The van der Waals surface area contributed by atoms with E-state index in [1.165, 1.54) is 0 Å². The Balaban J connectivity index is -0.0000000400. The summed E-state index contributed by atoms with van der Waals surface area (Å²) in [7, 11) is 0. The molecule has 0 spiro atoms. The van der Waals surface area contributed by atoms with Crippen LogP contribution in [0, 0.1) is 0 Å². The van der Waals surface area contributed by atoms with Crippen molar-refractivity contribution in [1.82, 2.24) is 0 Å². The molecule has 0 aliphatic heterocycles. The minimum Gasteiger partial charge on any atom is -0.855 e. The van der Waals surface area contributed by atoms with Gasteiger partial charge in [0.05, 0.1) is 0 Å². The molecule has 0 aromatic carbocycles. The van der Waals surface area contributed by atoms with Gasteiger partial charge >= 0.3 is 18.9 Å². The van der Waals surface area contributed by atoms with Gasteiger partial charge < -0.3 is 10.2 Å². The Labute approximate surface area is 56.7 Å². The molecule has 0 saturated heterocycles. The van der Waals surface area contributed by atoms with Crippen molar-refractivity contribution < 1.29 is 29.1 Å². The largest absolute Gasteiger partial charge is 1.00 e. The molecule has 0 aromatic rings. The van der Waals surface area contributed by atoms with Crippen LogP contribution in [0.15, 0.2) is 0 Å². The van der Waals surface area contributed by atoms with Crippen LogP contribution < -0.4 is 24.0 Å².